The first-order valence-corrected chi connectivity index (χ1v) is 11.9. The van der Waals surface area contributed by atoms with E-state index in [9.17, 15) is 0 Å². The van der Waals surface area contributed by atoms with Crippen LogP contribution in [0.3, 0.4) is 0 Å². The molecule has 0 bridgehead atoms. The lowest BCUT2D eigenvalue weighted by Crippen LogP contribution is -1.88. The first kappa shape index (κ1) is 23.1. The van der Waals surface area contributed by atoms with E-state index in [2.05, 4.69) is 92.7 Å². The summed E-state index contributed by atoms with van der Waals surface area (Å²) in [6.07, 6.45) is 12.9. The highest BCUT2D eigenvalue weighted by Crippen LogP contribution is 2.17. The molecular formula is C32H26N4. The second kappa shape index (κ2) is 11.6. The first-order valence-electron chi connectivity index (χ1n) is 11.9. The van der Waals surface area contributed by atoms with Gasteiger partial charge in [-0.2, -0.15) is 0 Å². The van der Waals surface area contributed by atoms with E-state index in [1.54, 1.807) is 0 Å². The molecule has 0 unspecified atom stereocenters. The van der Waals surface area contributed by atoms with Crippen LogP contribution in [0.1, 0.15) is 33.4 Å². The van der Waals surface area contributed by atoms with E-state index in [-0.39, 0.29) is 0 Å². The van der Waals surface area contributed by atoms with Gasteiger partial charge in [0, 0.05) is 37.2 Å². The number of nitrogens with zero attached hydrogens (tertiary/aromatic N) is 4. The number of hydrogen-bond donors (Lipinski definition) is 0. The molecule has 5 aromatic rings. The van der Waals surface area contributed by atoms with Gasteiger partial charge >= 0.3 is 0 Å². The molecule has 5 rings (SSSR count). The van der Waals surface area contributed by atoms with Crippen molar-refractivity contribution in [1.82, 2.24) is 9.97 Å². The number of rotatable bonds is 8. The summed E-state index contributed by atoms with van der Waals surface area (Å²) in [6, 6.07) is 33.1. The van der Waals surface area contributed by atoms with Crippen LogP contribution >= 0.6 is 0 Å². The Hall–Kier alpha value is -4.70. The van der Waals surface area contributed by atoms with E-state index in [0.29, 0.717) is 0 Å². The van der Waals surface area contributed by atoms with E-state index in [4.69, 9.17) is 0 Å². The zero-order chi connectivity index (χ0) is 24.4. The molecule has 0 aliphatic heterocycles. The van der Waals surface area contributed by atoms with E-state index in [1.165, 1.54) is 22.3 Å². The normalized spacial score (nSPS) is 11.3. The molecule has 0 fully saturated rings. The Balaban J connectivity index is 1.15. The molecule has 0 N–H and O–H groups in total. The van der Waals surface area contributed by atoms with Crippen LogP contribution in [-0.4, -0.2) is 22.4 Å². The van der Waals surface area contributed by atoms with Crippen LogP contribution in [0.25, 0.3) is 0 Å². The SMILES string of the molecule is C(=Nc1ccc(Cc2ccncc2)cc1)c1ccc(C=Nc2ccc(Cc3ccncc3)cc2)cc1. The van der Waals surface area contributed by atoms with Gasteiger partial charge in [0.1, 0.15) is 0 Å². The maximum atomic E-state index is 4.61. The maximum Gasteiger partial charge on any atom is 0.0630 e. The third kappa shape index (κ3) is 6.67. The number of hydrogen-bond acceptors (Lipinski definition) is 4. The minimum atomic E-state index is 0.894. The van der Waals surface area contributed by atoms with Crippen molar-refractivity contribution in [1.29, 1.82) is 0 Å². The predicted octanol–water partition coefficient (Wildman–Crippen LogP) is 7.16. The summed E-state index contributed by atoms with van der Waals surface area (Å²) in [5.74, 6) is 0. The van der Waals surface area contributed by atoms with Gasteiger partial charge in [0.15, 0.2) is 0 Å². The Morgan fingerprint density at radius 1 is 0.417 bits per heavy atom. The topological polar surface area (TPSA) is 50.5 Å². The third-order valence-corrected chi connectivity index (χ3v) is 5.85. The summed E-state index contributed by atoms with van der Waals surface area (Å²) in [6.45, 7) is 0. The quantitative estimate of drug-likeness (QED) is 0.228. The lowest BCUT2D eigenvalue weighted by molar-refractivity contribution is 1.16. The highest BCUT2D eigenvalue weighted by atomic mass is 14.7. The smallest absolute Gasteiger partial charge is 0.0630 e. The highest BCUT2D eigenvalue weighted by molar-refractivity contribution is 5.86. The average molecular weight is 467 g/mol. The zero-order valence-corrected chi connectivity index (χ0v) is 19.9. The van der Waals surface area contributed by atoms with Crippen molar-refractivity contribution in [3.05, 3.63) is 155 Å². The van der Waals surface area contributed by atoms with Gasteiger partial charge in [0.05, 0.1) is 11.4 Å². The van der Waals surface area contributed by atoms with E-state index < -0.39 is 0 Å². The van der Waals surface area contributed by atoms with Crippen molar-refractivity contribution < 1.29 is 0 Å². The van der Waals surface area contributed by atoms with Gasteiger partial charge in [-0.05, 0) is 94.8 Å². The second-order valence-electron chi connectivity index (χ2n) is 8.58. The third-order valence-electron chi connectivity index (χ3n) is 5.85. The Labute approximate surface area is 211 Å². The minimum Gasteiger partial charge on any atom is -0.265 e. The van der Waals surface area contributed by atoms with Gasteiger partial charge in [-0.1, -0.05) is 48.5 Å². The zero-order valence-electron chi connectivity index (χ0n) is 19.9. The fourth-order valence-corrected chi connectivity index (χ4v) is 3.84. The molecule has 0 saturated carbocycles. The molecule has 0 radical (unpaired) electrons. The fourth-order valence-electron chi connectivity index (χ4n) is 3.84. The first-order chi connectivity index (χ1) is 17.8. The van der Waals surface area contributed by atoms with Crippen molar-refractivity contribution in [2.45, 2.75) is 12.8 Å². The van der Waals surface area contributed by atoms with Gasteiger partial charge in [0.25, 0.3) is 0 Å². The molecule has 0 aliphatic carbocycles. The van der Waals surface area contributed by atoms with E-state index >= 15 is 0 Å². The van der Waals surface area contributed by atoms with Crippen LogP contribution in [0.5, 0.6) is 0 Å². The molecule has 0 aliphatic rings. The van der Waals surface area contributed by atoms with Crippen LogP contribution in [0.4, 0.5) is 11.4 Å². The number of benzene rings is 3. The molecule has 2 aromatic heterocycles. The van der Waals surface area contributed by atoms with Crippen molar-refractivity contribution in [2.75, 3.05) is 0 Å². The number of aliphatic imine (C=N–C) groups is 2. The van der Waals surface area contributed by atoms with Gasteiger partial charge in [0.2, 0.25) is 0 Å². The summed E-state index contributed by atoms with van der Waals surface area (Å²) in [4.78, 5) is 17.4. The molecule has 0 amide bonds. The van der Waals surface area contributed by atoms with Crippen molar-refractivity contribution in [2.24, 2.45) is 9.98 Å². The summed E-state index contributed by atoms with van der Waals surface area (Å²) < 4.78 is 0. The van der Waals surface area contributed by atoms with Crippen LogP contribution in [-0.2, 0) is 12.8 Å². The number of aromatic nitrogens is 2. The van der Waals surface area contributed by atoms with Crippen LogP contribution in [0.2, 0.25) is 0 Å². The largest absolute Gasteiger partial charge is 0.265 e. The molecule has 4 nitrogen and oxygen atoms in total. The summed E-state index contributed by atoms with van der Waals surface area (Å²) >= 11 is 0. The summed E-state index contributed by atoms with van der Waals surface area (Å²) in [5.41, 5.74) is 8.99. The Bertz CT molecular complexity index is 1310. The van der Waals surface area contributed by atoms with Crippen molar-refractivity contribution in [3.8, 4) is 0 Å². The second-order valence-corrected chi connectivity index (χ2v) is 8.58. The molecule has 0 saturated heterocycles. The lowest BCUT2D eigenvalue weighted by atomic mass is 10.1. The van der Waals surface area contributed by atoms with Gasteiger partial charge in [-0.3, -0.25) is 20.0 Å². The Morgan fingerprint density at radius 2 is 0.750 bits per heavy atom. The van der Waals surface area contributed by atoms with Gasteiger partial charge in [-0.15, -0.1) is 0 Å². The average Bonchev–Trinajstić information content (AvgIpc) is 2.94. The monoisotopic (exact) mass is 466 g/mol. The fraction of sp³-hybridized carbons (Fsp3) is 0.0625. The van der Waals surface area contributed by atoms with E-state index in [1.807, 2.05) is 61.5 Å². The van der Waals surface area contributed by atoms with E-state index in [0.717, 1.165) is 35.3 Å². The Kier molecular flexibility index (Phi) is 7.45. The van der Waals surface area contributed by atoms with Gasteiger partial charge < -0.3 is 0 Å². The molecule has 174 valence electrons. The van der Waals surface area contributed by atoms with Crippen LogP contribution in [0, 0.1) is 0 Å². The minimum absolute atomic E-state index is 0.894. The van der Waals surface area contributed by atoms with Crippen molar-refractivity contribution >= 4 is 23.8 Å². The number of pyridine rings is 2. The molecule has 36 heavy (non-hydrogen) atoms. The molecule has 0 spiro atoms. The van der Waals surface area contributed by atoms with Gasteiger partial charge in [-0.25, -0.2) is 0 Å². The summed E-state index contributed by atoms with van der Waals surface area (Å²) in [5, 5.41) is 0. The molecule has 3 aromatic carbocycles. The molecule has 0 atom stereocenters. The van der Waals surface area contributed by atoms with Crippen LogP contribution in [0.15, 0.2) is 132 Å². The molecule has 4 heteroatoms. The van der Waals surface area contributed by atoms with Crippen molar-refractivity contribution in [3.63, 3.8) is 0 Å². The maximum absolute atomic E-state index is 4.61. The lowest BCUT2D eigenvalue weighted by Gasteiger charge is -2.02. The summed E-state index contributed by atoms with van der Waals surface area (Å²) in [7, 11) is 0. The Morgan fingerprint density at radius 3 is 1.11 bits per heavy atom. The van der Waals surface area contributed by atoms with Crippen LogP contribution < -0.4 is 0 Å². The predicted molar refractivity (Wildman–Crippen MR) is 148 cm³/mol. The molecular weight excluding hydrogens is 440 g/mol. The standard InChI is InChI=1S/C32H26N4/c1-2-30(24-36-32-11-7-26(8-12-32)22-28-15-19-34-20-16-28)4-3-29(1)23-35-31-9-5-25(6-10-31)21-27-13-17-33-18-14-27/h1-20,23-24H,21-22H2. The molecule has 2 heterocycles. The highest BCUT2D eigenvalue weighted by Gasteiger charge is 1.98.